The van der Waals surface area contributed by atoms with Gasteiger partial charge in [-0.05, 0) is 34.1 Å². The lowest BCUT2D eigenvalue weighted by molar-refractivity contribution is 0.593. The van der Waals surface area contributed by atoms with Gasteiger partial charge in [0, 0.05) is 22.4 Å². The molecule has 0 aliphatic heterocycles. The van der Waals surface area contributed by atoms with Gasteiger partial charge in [0.25, 0.3) is 0 Å². The maximum atomic E-state index is 13.7. The zero-order chi connectivity index (χ0) is 12.7. The number of nitrogens with zero attached hydrogens (tertiary/aromatic N) is 2. The fourth-order valence-corrected chi connectivity index (χ4v) is 1.93. The molecule has 0 radical (unpaired) electrons. The number of nitrogens with two attached hydrogens (primary N) is 1. The number of aromatic nitrogens is 2. The van der Waals surface area contributed by atoms with E-state index in [4.69, 9.17) is 10.2 Å². The van der Waals surface area contributed by atoms with E-state index in [9.17, 15) is 4.39 Å². The third kappa shape index (κ3) is 1.84. The molecular formula is C12H7BrFN3O. The molecule has 3 rings (SSSR count). The monoisotopic (exact) mass is 307 g/mol. The van der Waals surface area contributed by atoms with Gasteiger partial charge >= 0.3 is 0 Å². The summed E-state index contributed by atoms with van der Waals surface area (Å²) in [7, 11) is 0. The van der Waals surface area contributed by atoms with E-state index >= 15 is 0 Å². The third-order valence-electron chi connectivity index (χ3n) is 2.43. The molecule has 0 amide bonds. The number of fused-ring (bicyclic) bond motifs is 1. The topological polar surface area (TPSA) is 64.9 Å². The average Bonchev–Trinajstić information content (AvgIpc) is 2.74. The van der Waals surface area contributed by atoms with Gasteiger partial charge in [-0.1, -0.05) is 0 Å². The second kappa shape index (κ2) is 4.06. The first-order valence-corrected chi connectivity index (χ1v) is 5.90. The van der Waals surface area contributed by atoms with Crippen LogP contribution in [0.4, 0.5) is 10.1 Å². The van der Waals surface area contributed by atoms with Crippen molar-refractivity contribution in [2.75, 3.05) is 5.73 Å². The summed E-state index contributed by atoms with van der Waals surface area (Å²) >= 11 is 3.28. The van der Waals surface area contributed by atoms with Gasteiger partial charge in [-0.2, -0.15) is 4.98 Å². The Morgan fingerprint density at radius 2 is 2.11 bits per heavy atom. The molecule has 1 aromatic carbocycles. The fraction of sp³-hybridized carbons (Fsp3) is 0. The van der Waals surface area contributed by atoms with Gasteiger partial charge < -0.3 is 10.2 Å². The lowest BCUT2D eigenvalue weighted by atomic mass is 10.2. The first-order chi connectivity index (χ1) is 8.63. The molecule has 0 aliphatic carbocycles. The highest BCUT2D eigenvalue weighted by atomic mass is 79.9. The van der Waals surface area contributed by atoms with Crippen LogP contribution in [0.1, 0.15) is 0 Å². The van der Waals surface area contributed by atoms with Crippen LogP contribution in [0.2, 0.25) is 0 Å². The highest BCUT2D eigenvalue weighted by Crippen LogP contribution is 2.28. The van der Waals surface area contributed by atoms with Crippen LogP contribution >= 0.6 is 15.9 Å². The van der Waals surface area contributed by atoms with Crippen molar-refractivity contribution in [3.63, 3.8) is 0 Å². The predicted molar refractivity (Wildman–Crippen MR) is 69.3 cm³/mol. The van der Waals surface area contributed by atoms with Crippen LogP contribution in [-0.2, 0) is 0 Å². The molecule has 3 aromatic rings. The molecule has 0 bridgehead atoms. The number of nitrogen functional groups attached to an aromatic ring is 1. The van der Waals surface area contributed by atoms with Crippen molar-refractivity contribution >= 4 is 32.8 Å². The van der Waals surface area contributed by atoms with E-state index in [1.165, 1.54) is 18.2 Å². The van der Waals surface area contributed by atoms with Crippen molar-refractivity contribution in [2.45, 2.75) is 0 Å². The van der Waals surface area contributed by atoms with Gasteiger partial charge in [-0.3, -0.25) is 0 Å². The van der Waals surface area contributed by atoms with E-state index < -0.39 is 5.82 Å². The summed E-state index contributed by atoms with van der Waals surface area (Å²) in [6.45, 7) is 0. The molecule has 18 heavy (non-hydrogen) atoms. The summed E-state index contributed by atoms with van der Waals surface area (Å²) in [5.74, 6) is -0.268. The minimum atomic E-state index is -0.435. The van der Waals surface area contributed by atoms with Gasteiger partial charge in [0.2, 0.25) is 5.89 Å². The molecule has 0 unspecified atom stereocenters. The quantitative estimate of drug-likeness (QED) is 0.700. The van der Waals surface area contributed by atoms with Gasteiger partial charge in [-0.25, -0.2) is 9.37 Å². The molecule has 2 aromatic heterocycles. The summed E-state index contributed by atoms with van der Waals surface area (Å²) in [4.78, 5) is 8.21. The summed E-state index contributed by atoms with van der Waals surface area (Å²) < 4.78 is 19.9. The number of halogens is 2. The molecule has 0 saturated heterocycles. The van der Waals surface area contributed by atoms with Crippen molar-refractivity contribution in [1.82, 2.24) is 9.97 Å². The summed E-state index contributed by atoms with van der Waals surface area (Å²) in [6, 6.07) is 5.97. The molecule has 0 aliphatic rings. The molecule has 90 valence electrons. The Labute approximate surface area is 110 Å². The van der Waals surface area contributed by atoms with Crippen LogP contribution in [0, 0.1) is 5.82 Å². The van der Waals surface area contributed by atoms with E-state index in [1.807, 2.05) is 0 Å². The Morgan fingerprint density at radius 3 is 2.94 bits per heavy atom. The first-order valence-electron chi connectivity index (χ1n) is 5.11. The number of oxazole rings is 1. The molecular weight excluding hydrogens is 301 g/mol. The van der Waals surface area contributed by atoms with E-state index in [2.05, 4.69) is 25.9 Å². The number of rotatable bonds is 1. The zero-order valence-electron chi connectivity index (χ0n) is 9.02. The molecule has 4 nitrogen and oxygen atoms in total. The van der Waals surface area contributed by atoms with Gasteiger partial charge in [-0.15, -0.1) is 0 Å². The number of hydrogen-bond acceptors (Lipinski definition) is 4. The number of benzene rings is 1. The Morgan fingerprint density at radius 1 is 1.28 bits per heavy atom. The van der Waals surface area contributed by atoms with Crippen LogP contribution < -0.4 is 5.73 Å². The Kier molecular flexibility index (Phi) is 2.52. The van der Waals surface area contributed by atoms with Crippen LogP contribution in [-0.4, -0.2) is 9.97 Å². The van der Waals surface area contributed by atoms with E-state index in [0.29, 0.717) is 16.9 Å². The minimum absolute atomic E-state index is 0.167. The molecule has 0 atom stereocenters. The smallest absolute Gasteiger partial charge is 0.231 e. The fourth-order valence-electron chi connectivity index (χ4n) is 1.62. The first kappa shape index (κ1) is 11.2. The molecule has 2 N–H and O–H groups in total. The molecule has 0 saturated carbocycles. The Balaban J connectivity index is 2.22. The SMILES string of the molecule is Nc1ccc(F)c(-c2nc3ncc(Br)cc3o2)c1. The standard InChI is InChI=1S/C12H7BrFN3O/c13-6-3-10-11(16-5-6)17-12(18-10)8-4-7(15)1-2-9(8)14/h1-5H,15H2. The van der Waals surface area contributed by atoms with Crippen molar-refractivity contribution < 1.29 is 8.81 Å². The highest BCUT2D eigenvalue weighted by molar-refractivity contribution is 9.10. The minimum Gasteiger partial charge on any atom is -0.434 e. The van der Waals surface area contributed by atoms with Crippen LogP contribution in [0.15, 0.2) is 39.4 Å². The van der Waals surface area contributed by atoms with Crippen molar-refractivity contribution in [3.05, 3.63) is 40.8 Å². The predicted octanol–water partition coefficient (Wildman–Crippen LogP) is 3.37. The number of hydrogen-bond donors (Lipinski definition) is 1. The molecule has 0 fully saturated rings. The van der Waals surface area contributed by atoms with Crippen molar-refractivity contribution in [1.29, 1.82) is 0 Å². The molecule has 0 spiro atoms. The Hall–Kier alpha value is -1.95. The van der Waals surface area contributed by atoms with Crippen molar-refractivity contribution in [3.8, 4) is 11.5 Å². The van der Waals surface area contributed by atoms with Gasteiger partial charge in [0.05, 0.1) is 5.56 Å². The summed E-state index contributed by atoms with van der Waals surface area (Å²) in [5.41, 5.74) is 7.21. The summed E-state index contributed by atoms with van der Waals surface area (Å²) in [5, 5.41) is 0. The lowest BCUT2D eigenvalue weighted by Gasteiger charge is -1.99. The highest BCUT2D eigenvalue weighted by Gasteiger charge is 2.13. The Bertz CT molecular complexity index is 741. The number of anilines is 1. The average molecular weight is 308 g/mol. The van der Waals surface area contributed by atoms with Gasteiger partial charge in [0.1, 0.15) is 5.82 Å². The second-order valence-corrected chi connectivity index (χ2v) is 4.65. The molecule has 6 heteroatoms. The largest absolute Gasteiger partial charge is 0.434 e. The van der Waals surface area contributed by atoms with Crippen LogP contribution in [0.5, 0.6) is 0 Å². The number of pyridine rings is 1. The zero-order valence-corrected chi connectivity index (χ0v) is 10.6. The second-order valence-electron chi connectivity index (χ2n) is 3.73. The van der Waals surface area contributed by atoms with E-state index in [1.54, 1.807) is 12.3 Å². The maximum Gasteiger partial charge on any atom is 0.231 e. The van der Waals surface area contributed by atoms with E-state index in [0.717, 1.165) is 4.47 Å². The van der Waals surface area contributed by atoms with Crippen LogP contribution in [0.3, 0.4) is 0 Å². The van der Waals surface area contributed by atoms with Crippen molar-refractivity contribution in [2.24, 2.45) is 0 Å². The molecule has 2 heterocycles. The lowest BCUT2D eigenvalue weighted by Crippen LogP contribution is -1.89. The maximum absolute atomic E-state index is 13.7. The van der Waals surface area contributed by atoms with Crippen LogP contribution in [0.25, 0.3) is 22.7 Å². The van der Waals surface area contributed by atoms with Gasteiger partial charge in [0.15, 0.2) is 11.2 Å². The summed E-state index contributed by atoms with van der Waals surface area (Å²) in [6.07, 6.45) is 1.60. The normalized spacial score (nSPS) is 11.0. The third-order valence-corrected chi connectivity index (χ3v) is 2.87. The van der Waals surface area contributed by atoms with E-state index in [-0.39, 0.29) is 11.5 Å².